The molecule has 0 aromatic carbocycles. The average molecular weight is 313 g/mol. The van der Waals surface area contributed by atoms with Crippen LogP contribution in [0.5, 0.6) is 0 Å². The maximum absolute atomic E-state index is 4.56. The summed E-state index contributed by atoms with van der Waals surface area (Å²) < 4.78 is 0. The SMILES string of the molecule is CCC1=CCC(Nc2ncccc2NC(C)C)C(C(C)(C)C)=C1. The predicted octanol–water partition coefficient (Wildman–Crippen LogP) is 5.40. The molecule has 1 atom stereocenters. The van der Waals surface area contributed by atoms with Gasteiger partial charge >= 0.3 is 0 Å². The highest BCUT2D eigenvalue weighted by Gasteiger charge is 2.28. The Morgan fingerprint density at radius 1 is 1.30 bits per heavy atom. The zero-order valence-corrected chi connectivity index (χ0v) is 15.4. The van der Waals surface area contributed by atoms with Gasteiger partial charge < -0.3 is 10.6 Å². The van der Waals surface area contributed by atoms with Gasteiger partial charge in [-0.1, -0.05) is 45.4 Å². The van der Waals surface area contributed by atoms with E-state index in [-0.39, 0.29) is 5.41 Å². The molecule has 0 amide bonds. The summed E-state index contributed by atoms with van der Waals surface area (Å²) in [5.41, 5.74) is 4.11. The summed E-state index contributed by atoms with van der Waals surface area (Å²) in [4.78, 5) is 4.56. The van der Waals surface area contributed by atoms with Crippen LogP contribution >= 0.6 is 0 Å². The number of hydrogen-bond donors (Lipinski definition) is 2. The number of allylic oxidation sites excluding steroid dienone is 2. The van der Waals surface area contributed by atoms with E-state index in [1.165, 1.54) is 11.1 Å². The molecule has 0 aliphatic heterocycles. The molecule has 2 N–H and O–H groups in total. The van der Waals surface area contributed by atoms with Gasteiger partial charge in [0.15, 0.2) is 0 Å². The van der Waals surface area contributed by atoms with Crippen molar-refractivity contribution < 1.29 is 0 Å². The van der Waals surface area contributed by atoms with E-state index in [1.54, 1.807) is 0 Å². The lowest BCUT2D eigenvalue weighted by atomic mass is 9.77. The molecule has 0 saturated heterocycles. The summed E-state index contributed by atoms with van der Waals surface area (Å²) in [6.45, 7) is 13.4. The number of hydrogen-bond acceptors (Lipinski definition) is 3. The Kier molecular flexibility index (Phi) is 5.51. The third kappa shape index (κ3) is 4.60. The molecule has 126 valence electrons. The van der Waals surface area contributed by atoms with Crippen molar-refractivity contribution in [2.24, 2.45) is 5.41 Å². The van der Waals surface area contributed by atoms with Crippen molar-refractivity contribution in [3.05, 3.63) is 41.6 Å². The second-order valence-corrected chi connectivity index (χ2v) is 7.61. The van der Waals surface area contributed by atoms with E-state index in [2.05, 4.69) is 75.4 Å². The van der Waals surface area contributed by atoms with E-state index in [0.717, 1.165) is 24.3 Å². The quantitative estimate of drug-likeness (QED) is 0.764. The zero-order valence-electron chi connectivity index (χ0n) is 15.4. The molecule has 2 rings (SSSR count). The summed E-state index contributed by atoms with van der Waals surface area (Å²) in [6.07, 6.45) is 8.69. The molecule has 0 fully saturated rings. The third-order valence-electron chi connectivity index (χ3n) is 4.17. The highest BCUT2D eigenvalue weighted by molar-refractivity contribution is 5.65. The lowest BCUT2D eigenvalue weighted by molar-refractivity contribution is 0.465. The van der Waals surface area contributed by atoms with Gasteiger partial charge in [0.1, 0.15) is 5.82 Å². The summed E-state index contributed by atoms with van der Waals surface area (Å²) in [6, 6.07) is 4.75. The van der Waals surface area contributed by atoms with Crippen molar-refractivity contribution in [1.82, 2.24) is 4.98 Å². The van der Waals surface area contributed by atoms with Crippen molar-refractivity contribution in [3.63, 3.8) is 0 Å². The van der Waals surface area contributed by atoms with E-state index in [4.69, 9.17) is 0 Å². The van der Waals surface area contributed by atoms with Crippen molar-refractivity contribution in [2.45, 2.75) is 66.5 Å². The van der Waals surface area contributed by atoms with Crippen LogP contribution in [-0.2, 0) is 0 Å². The molecule has 1 aliphatic carbocycles. The maximum Gasteiger partial charge on any atom is 0.149 e. The lowest BCUT2D eigenvalue weighted by Crippen LogP contribution is -2.31. The van der Waals surface area contributed by atoms with Crippen LogP contribution in [0, 0.1) is 5.41 Å². The van der Waals surface area contributed by atoms with Crippen LogP contribution in [0.2, 0.25) is 0 Å². The molecular weight excluding hydrogens is 282 g/mol. The highest BCUT2D eigenvalue weighted by Crippen LogP contribution is 2.36. The lowest BCUT2D eigenvalue weighted by Gasteiger charge is -2.34. The van der Waals surface area contributed by atoms with Crippen LogP contribution in [0.1, 0.15) is 54.4 Å². The van der Waals surface area contributed by atoms with Gasteiger partial charge in [-0.05, 0) is 49.8 Å². The van der Waals surface area contributed by atoms with Gasteiger partial charge in [-0.25, -0.2) is 4.98 Å². The van der Waals surface area contributed by atoms with Crippen molar-refractivity contribution in [1.29, 1.82) is 0 Å². The van der Waals surface area contributed by atoms with E-state index in [0.29, 0.717) is 12.1 Å². The van der Waals surface area contributed by atoms with Gasteiger partial charge in [0.2, 0.25) is 0 Å². The van der Waals surface area contributed by atoms with Crippen LogP contribution < -0.4 is 10.6 Å². The Balaban J connectivity index is 2.26. The summed E-state index contributed by atoms with van der Waals surface area (Å²) in [5, 5.41) is 7.15. The monoisotopic (exact) mass is 313 g/mol. The van der Waals surface area contributed by atoms with Gasteiger partial charge in [-0.2, -0.15) is 0 Å². The van der Waals surface area contributed by atoms with Crippen LogP contribution in [0.3, 0.4) is 0 Å². The second-order valence-electron chi connectivity index (χ2n) is 7.61. The number of pyridine rings is 1. The minimum absolute atomic E-state index is 0.146. The molecule has 0 radical (unpaired) electrons. The van der Waals surface area contributed by atoms with Crippen LogP contribution in [0.4, 0.5) is 11.5 Å². The number of nitrogens with one attached hydrogen (secondary N) is 2. The van der Waals surface area contributed by atoms with Crippen molar-refractivity contribution in [3.8, 4) is 0 Å². The van der Waals surface area contributed by atoms with Gasteiger partial charge in [0.25, 0.3) is 0 Å². The van der Waals surface area contributed by atoms with Gasteiger partial charge in [0.05, 0.1) is 11.7 Å². The average Bonchev–Trinajstić information content (AvgIpc) is 2.48. The molecule has 1 unspecified atom stereocenters. The number of rotatable bonds is 5. The fraction of sp³-hybridized carbons (Fsp3) is 0.550. The first-order valence-corrected chi connectivity index (χ1v) is 8.70. The first-order valence-electron chi connectivity index (χ1n) is 8.70. The fourth-order valence-corrected chi connectivity index (χ4v) is 2.99. The summed E-state index contributed by atoms with van der Waals surface area (Å²) in [7, 11) is 0. The molecular formula is C20H31N3. The maximum atomic E-state index is 4.56. The molecule has 3 nitrogen and oxygen atoms in total. The third-order valence-corrected chi connectivity index (χ3v) is 4.17. The van der Waals surface area contributed by atoms with Crippen LogP contribution in [-0.4, -0.2) is 17.1 Å². The Hall–Kier alpha value is -1.77. The van der Waals surface area contributed by atoms with Gasteiger partial charge in [0, 0.05) is 12.2 Å². The molecule has 0 saturated carbocycles. The fourth-order valence-electron chi connectivity index (χ4n) is 2.99. The smallest absolute Gasteiger partial charge is 0.149 e. The van der Waals surface area contributed by atoms with Crippen molar-refractivity contribution in [2.75, 3.05) is 10.6 Å². The molecule has 1 heterocycles. The molecule has 1 aliphatic rings. The Bertz CT molecular complexity index is 591. The van der Waals surface area contributed by atoms with E-state index in [1.807, 2.05) is 12.3 Å². The van der Waals surface area contributed by atoms with Crippen LogP contribution in [0.15, 0.2) is 41.6 Å². The molecule has 23 heavy (non-hydrogen) atoms. The van der Waals surface area contributed by atoms with E-state index < -0.39 is 0 Å². The molecule has 1 aromatic heterocycles. The van der Waals surface area contributed by atoms with Gasteiger partial charge in [-0.3, -0.25) is 0 Å². The standard InChI is InChI=1S/C20H31N3/c1-7-15-10-11-17(16(13-15)20(4,5)6)23-19-18(22-14(2)3)9-8-12-21-19/h8-10,12-14,17,22H,7,11H2,1-6H3,(H,21,23). The topological polar surface area (TPSA) is 37.0 Å². The number of anilines is 2. The van der Waals surface area contributed by atoms with Gasteiger partial charge in [-0.15, -0.1) is 0 Å². The van der Waals surface area contributed by atoms with Crippen LogP contribution in [0.25, 0.3) is 0 Å². The Labute approximate surface area is 141 Å². The molecule has 0 spiro atoms. The Morgan fingerprint density at radius 3 is 2.65 bits per heavy atom. The molecule has 0 bridgehead atoms. The number of nitrogens with zero attached hydrogens (tertiary/aromatic N) is 1. The first kappa shape index (κ1) is 17.6. The molecule has 1 aromatic rings. The minimum atomic E-state index is 0.146. The minimum Gasteiger partial charge on any atom is -0.380 e. The predicted molar refractivity (Wildman–Crippen MR) is 101 cm³/mol. The summed E-state index contributed by atoms with van der Waals surface area (Å²) in [5.74, 6) is 0.940. The Morgan fingerprint density at radius 2 is 2.04 bits per heavy atom. The second kappa shape index (κ2) is 7.20. The van der Waals surface area contributed by atoms with E-state index in [9.17, 15) is 0 Å². The normalized spacial score (nSPS) is 18.5. The number of aromatic nitrogens is 1. The molecule has 3 heteroatoms. The van der Waals surface area contributed by atoms with E-state index >= 15 is 0 Å². The highest BCUT2D eigenvalue weighted by atomic mass is 15.1. The zero-order chi connectivity index (χ0) is 17.0. The summed E-state index contributed by atoms with van der Waals surface area (Å²) >= 11 is 0. The first-order chi connectivity index (χ1) is 10.8. The largest absolute Gasteiger partial charge is 0.380 e. The van der Waals surface area contributed by atoms with Crippen molar-refractivity contribution >= 4 is 11.5 Å².